The third-order valence-electron chi connectivity index (χ3n) is 7.32. The van der Waals surface area contributed by atoms with Crippen LogP contribution < -0.4 is 4.74 Å². The van der Waals surface area contributed by atoms with Gasteiger partial charge in [0.2, 0.25) is 5.88 Å². The van der Waals surface area contributed by atoms with Crippen LogP contribution in [0.4, 0.5) is 0 Å². The van der Waals surface area contributed by atoms with Crippen LogP contribution in [0.2, 0.25) is 0 Å². The molecule has 35 heavy (non-hydrogen) atoms. The third kappa shape index (κ3) is 3.67. The van der Waals surface area contributed by atoms with E-state index in [2.05, 4.69) is 21.1 Å². The molecule has 1 aliphatic carbocycles. The molecule has 10 nitrogen and oxygen atoms in total. The van der Waals surface area contributed by atoms with Gasteiger partial charge in [0.05, 0.1) is 48.1 Å². The third-order valence-corrected chi connectivity index (χ3v) is 7.32. The standard InChI is InChI=1S/C25H28N8O2/c1-14-15(2)29-24-22(28-14)21(19-12-27-32-7-3-8-35-25(19)32)30-23(31-24)16-6-9-34-20(10-16)17-11-26-33(13-17)18-4-5-18/h11-13,16,18,20H,3-10H2,1-2H3/t16-,20+/m1/s1. The lowest BCUT2D eigenvalue weighted by Gasteiger charge is -2.28. The number of aryl methyl sites for hydroxylation is 3. The van der Waals surface area contributed by atoms with Crippen molar-refractivity contribution < 1.29 is 9.47 Å². The average Bonchev–Trinajstić information content (AvgIpc) is 3.45. The molecule has 180 valence electrons. The molecule has 7 rings (SSSR count). The Bertz CT molecular complexity index is 1420. The molecule has 2 aliphatic heterocycles. The van der Waals surface area contributed by atoms with E-state index in [4.69, 9.17) is 29.4 Å². The zero-order valence-corrected chi connectivity index (χ0v) is 20.0. The van der Waals surface area contributed by atoms with Gasteiger partial charge in [0, 0.05) is 37.3 Å². The Morgan fingerprint density at radius 2 is 1.83 bits per heavy atom. The van der Waals surface area contributed by atoms with Gasteiger partial charge < -0.3 is 9.47 Å². The van der Waals surface area contributed by atoms with Crippen molar-refractivity contribution >= 4 is 11.2 Å². The summed E-state index contributed by atoms with van der Waals surface area (Å²) < 4.78 is 16.1. The summed E-state index contributed by atoms with van der Waals surface area (Å²) in [6.45, 7) is 6.11. The van der Waals surface area contributed by atoms with E-state index in [0.29, 0.717) is 30.4 Å². The molecule has 0 N–H and O–H groups in total. The Balaban J connectivity index is 1.29. The van der Waals surface area contributed by atoms with Gasteiger partial charge in [0.25, 0.3) is 0 Å². The normalized spacial score (nSPS) is 22.2. The van der Waals surface area contributed by atoms with Crippen LogP contribution in [0.1, 0.15) is 72.9 Å². The number of ether oxygens (including phenoxy) is 2. The molecule has 2 fully saturated rings. The van der Waals surface area contributed by atoms with E-state index < -0.39 is 0 Å². The highest BCUT2D eigenvalue weighted by molar-refractivity contribution is 5.88. The highest BCUT2D eigenvalue weighted by Gasteiger charge is 2.31. The summed E-state index contributed by atoms with van der Waals surface area (Å²) in [5, 5.41) is 9.11. The van der Waals surface area contributed by atoms with E-state index >= 15 is 0 Å². The molecule has 0 radical (unpaired) electrons. The highest BCUT2D eigenvalue weighted by atomic mass is 16.5. The van der Waals surface area contributed by atoms with Gasteiger partial charge in [0.1, 0.15) is 17.0 Å². The van der Waals surface area contributed by atoms with Crippen molar-refractivity contribution in [3.63, 3.8) is 0 Å². The molecule has 10 heteroatoms. The monoisotopic (exact) mass is 472 g/mol. The zero-order valence-electron chi connectivity index (χ0n) is 20.0. The second-order valence-electron chi connectivity index (χ2n) is 9.85. The van der Waals surface area contributed by atoms with Gasteiger partial charge in [0.15, 0.2) is 5.65 Å². The van der Waals surface area contributed by atoms with Crippen molar-refractivity contribution in [2.75, 3.05) is 13.2 Å². The second-order valence-corrected chi connectivity index (χ2v) is 9.85. The highest BCUT2D eigenvalue weighted by Crippen LogP contribution is 2.40. The van der Waals surface area contributed by atoms with Crippen LogP contribution in [0.5, 0.6) is 5.88 Å². The smallest absolute Gasteiger partial charge is 0.221 e. The first-order valence-electron chi connectivity index (χ1n) is 12.5. The van der Waals surface area contributed by atoms with E-state index in [1.54, 1.807) is 0 Å². The average molecular weight is 473 g/mol. The molecule has 1 saturated heterocycles. The topological polar surface area (TPSA) is 106 Å². The minimum Gasteiger partial charge on any atom is -0.477 e. The van der Waals surface area contributed by atoms with Crippen LogP contribution in [-0.2, 0) is 11.3 Å². The van der Waals surface area contributed by atoms with Crippen LogP contribution >= 0.6 is 0 Å². The Kier molecular flexibility index (Phi) is 4.83. The molecule has 2 atom stereocenters. The number of fused-ring (bicyclic) bond motifs is 2. The summed E-state index contributed by atoms with van der Waals surface area (Å²) in [6.07, 6.45) is 11.0. The first kappa shape index (κ1) is 20.9. The molecule has 4 aromatic rings. The summed E-state index contributed by atoms with van der Waals surface area (Å²) in [5.74, 6) is 1.68. The van der Waals surface area contributed by atoms with Gasteiger partial charge in [-0.1, -0.05) is 0 Å². The fourth-order valence-electron chi connectivity index (χ4n) is 5.05. The lowest BCUT2D eigenvalue weighted by Crippen LogP contribution is -2.20. The maximum atomic E-state index is 6.16. The van der Waals surface area contributed by atoms with Gasteiger partial charge in [-0.15, -0.1) is 0 Å². The van der Waals surface area contributed by atoms with E-state index in [1.807, 2.05) is 30.9 Å². The van der Waals surface area contributed by atoms with E-state index in [-0.39, 0.29) is 12.0 Å². The molecule has 0 amide bonds. The maximum absolute atomic E-state index is 6.16. The number of aromatic nitrogens is 8. The van der Waals surface area contributed by atoms with Crippen LogP contribution in [-0.4, -0.2) is 52.7 Å². The van der Waals surface area contributed by atoms with Crippen molar-refractivity contribution in [1.82, 2.24) is 39.5 Å². The van der Waals surface area contributed by atoms with Gasteiger partial charge in [-0.3, -0.25) is 4.68 Å². The molecule has 4 aromatic heterocycles. The van der Waals surface area contributed by atoms with E-state index in [0.717, 1.165) is 65.7 Å². The Labute approximate surface area is 202 Å². The van der Waals surface area contributed by atoms with Crippen molar-refractivity contribution in [3.8, 4) is 17.1 Å². The summed E-state index contributed by atoms with van der Waals surface area (Å²) in [7, 11) is 0. The Morgan fingerprint density at radius 1 is 0.943 bits per heavy atom. The van der Waals surface area contributed by atoms with Crippen molar-refractivity contribution in [2.45, 2.75) is 70.6 Å². The van der Waals surface area contributed by atoms with E-state index in [1.165, 1.54) is 12.8 Å². The molecular weight excluding hydrogens is 444 g/mol. The zero-order chi connectivity index (χ0) is 23.5. The lowest BCUT2D eigenvalue weighted by molar-refractivity contribution is 0.00396. The molecule has 1 saturated carbocycles. The maximum Gasteiger partial charge on any atom is 0.221 e. The van der Waals surface area contributed by atoms with Gasteiger partial charge in [-0.25, -0.2) is 24.6 Å². The van der Waals surface area contributed by atoms with E-state index in [9.17, 15) is 0 Å². The largest absolute Gasteiger partial charge is 0.477 e. The molecule has 0 aromatic carbocycles. The van der Waals surface area contributed by atoms with Crippen LogP contribution in [0, 0.1) is 13.8 Å². The van der Waals surface area contributed by atoms with Gasteiger partial charge in [-0.2, -0.15) is 10.2 Å². The number of rotatable bonds is 4. The fraction of sp³-hybridized carbons (Fsp3) is 0.520. The van der Waals surface area contributed by atoms with Crippen molar-refractivity contribution in [2.24, 2.45) is 0 Å². The van der Waals surface area contributed by atoms with Gasteiger partial charge in [-0.05, 0) is 39.5 Å². The lowest BCUT2D eigenvalue weighted by atomic mass is 9.92. The number of hydrogen-bond acceptors (Lipinski definition) is 8. The predicted molar refractivity (Wildman–Crippen MR) is 127 cm³/mol. The first-order chi connectivity index (χ1) is 17.1. The van der Waals surface area contributed by atoms with Crippen LogP contribution in [0.25, 0.3) is 22.4 Å². The summed E-state index contributed by atoms with van der Waals surface area (Å²) in [6, 6.07) is 0.559. The molecule has 0 bridgehead atoms. The van der Waals surface area contributed by atoms with Crippen LogP contribution in [0.15, 0.2) is 18.6 Å². The minimum atomic E-state index is -0.0120. The number of nitrogens with zero attached hydrogens (tertiary/aromatic N) is 8. The molecule has 0 spiro atoms. The predicted octanol–water partition coefficient (Wildman–Crippen LogP) is 3.85. The molecular formula is C25H28N8O2. The molecule has 6 heterocycles. The molecule has 3 aliphatic rings. The van der Waals surface area contributed by atoms with Crippen LogP contribution in [0.3, 0.4) is 0 Å². The summed E-state index contributed by atoms with van der Waals surface area (Å²) in [4.78, 5) is 19.7. The first-order valence-corrected chi connectivity index (χ1v) is 12.5. The SMILES string of the molecule is Cc1nc2nc([C@@H]3CCO[C@H](c4cnn(C5CC5)c4)C3)nc(-c3cnn4c3OCCC4)c2nc1C. The molecule has 0 unspecified atom stereocenters. The van der Waals surface area contributed by atoms with Crippen molar-refractivity contribution in [3.05, 3.63) is 41.4 Å². The number of hydrogen-bond donors (Lipinski definition) is 0. The second kappa shape index (κ2) is 8.08. The van der Waals surface area contributed by atoms with Gasteiger partial charge >= 0.3 is 0 Å². The quantitative estimate of drug-likeness (QED) is 0.441. The summed E-state index contributed by atoms with van der Waals surface area (Å²) in [5.41, 5.74) is 5.78. The Hall–Kier alpha value is -3.40. The fourth-order valence-corrected chi connectivity index (χ4v) is 5.05. The van der Waals surface area contributed by atoms with Crippen molar-refractivity contribution in [1.29, 1.82) is 0 Å². The minimum absolute atomic E-state index is 0.0120. The summed E-state index contributed by atoms with van der Waals surface area (Å²) >= 11 is 0. The Morgan fingerprint density at radius 3 is 2.71 bits per heavy atom.